The average Bonchev–Trinajstić information content (AvgIpc) is 2.38. The molecule has 3 nitrogen and oxygen atoms in total. The molecule has 0 aromatic heterocycles. The molecule has 1 aliphatic rings. The van der Waals surface area contributed by atoms with Gasteiger partial charge >= 0.3 is 0 Å². The summed E-state index contributed by atoms with van der Waals surface area (Å²) in [6, 6.07) is 3.90. The summed E-state index contributed by atoms with van der Waals surface area (Å²) < 4.78 is 10.7. The fourth-order valence-electron chi connectivity index (χ4n) is 2.32. The summed E-state index contributed by atoms with van der Waals surface area (Å²) in [6.07, 6.45) is 5.40. The van der Waals surface area contributed by atoms with Crippen LogP contribution in [0.1, 0.15) is 24.0 Å². The lowest BCUT2D eigenvalue weighted by atomic mass is 9.88. The molecule has 0 bridgehead atoms. The fraction of sp³-hybridized carbons (Fsp3) is 0.357. The summed E-state index contributed by atoms with van der Waals surface area (Å²) in [4.78, 5) is 10.7. The molecular weight excluding hydrogens is 216 g/mol. The quantitative estimate of drug-likeness (QED) is 0.748. The first-order chi connectivity index (χ1) is 8.31. The maximum atomic E-state index is 10.7. The van der Waals surface area contributed by atoms with Gasteiger partial charge in [0.05, 0.1) is 14.2 Å². The Morgan fingerprint density at radius 2 is 2.12 bits per heavy atom. The van der Waals surface area contributed by atoms with Crippen LogP contribution in [0, 0.1) is 0 Å². The predicted molar refractivity (Wildman–Crippen MR) is 66.5 cm³/mol. The molecule has 0 N–H and O–H groups in total. The van der Waals surface area contributed by atoms with Gasteiger partial charge in [-0.3, -0.25) is 0 Å². The molecule has 0 amide bonds. The number of hydrogen-bond acceptors (Lipinski definition) is 3. The second-order valence-electron chi connectivity index (χ2n) is 3.97. The molecule has 1 aliphatic carbocycles. The first kappa shape index (κ1) is 11.7. The number of allylic oxidation sites excluding steroid dienone is 2. The monoisotopic (exact) mass is 232 g/mol. The van der Waals surface area contributed by atoms with Gasteiger partial charge in [0.15, 0.2) is 11.5 Å². The Hall–Kier alpha value is -1.77. The van der Waals surface area contributed by atoms with Crippen molar-refractivity contribution in [3.63, 3.8) is 0 Å². The molecule has 0 atom stereocenters. The van der Waals surface area contributed by atoms with Gasteiger partial charge in [-0.15, -0.1) is 0 Å². The molecule has 90 valence electrons. The van der Waals surface area contributed by atoms with E-state index < -0.39 is 0 Å². The Morgan fingerprint density at radius 3 is 2.76 bits per heavy atom. The molecule has 0 unspecified atom stereocenters. The molecule has 1 aromatic carbocycles. The number of ether oxygens (including phenoxy) is 2. The van der Waals surface area contributed by atoms with Gasteiger partial charge in [0.1, 0.15) is 6.29 Å². The Kier molecular flexibility index (Phi) is 3.47. The van der Waals surface area contributed by atoms with E-state index in [4.69, 9.17) is 9.47 Å². The van der Waals surface area contributed by atoms with Crippen molar-refractivity contribution in [2.24, 2.45) is 0 Å². The fourth-order valence-corrected chi connectivity index (χ4v) is 2.32. The van der Waals surface area contributed by atoms with Gasteiger partial charge in [-0.05, 0) is 30.0 Å². The molecule has 17 heavy (non-hydrogen) atoms. The Morgan fingerprint density at radius 1 is 1.29 bits per heavy atom. The number of hydrogen-bond donors (Lipinski definition) is 0. The molecule has 0 fully saturated rings. The molecule has 2 rings (SSSR count). The Balaban J connectivity index is 2.52. The van der Waals surface area contributed by atoms with Crippen molar-refractivity contribution in [2.45, 2.75) is 19.3 Å². The topological polar surface area (TPSA) is 35.5 Å². The summed E-state index contributed by atoms with van der Waals surface area (Å²) in [5.41, 5.74) is 3.34. The van der Waals surface area contributed by atoms with Crippen LogP contribution in [0.15, 0.2) is 18.2 Å². The van der Waals surface area contributed by atoms with E-state index in [1.54, 1.807) is 14.2 Å². The van der Waals surface area contributed by atoms with E-state index in [0.29, 0.717) is 6.42 Å². The van der Waals surface area contributed by atoms with Crippen LogP contribution in [0.5, 0.6) is 11.5 Å². The number of carbonyl (C=O) groups is 1. The first-order valence-electron chi connectivity index (χ1n) is 5.68. The zero-order valence-corrected chi connectivity index (χ0v) is 10.2. The molecule has 0 spiro atoms. The molecule has 0 saturated carbocycles. The molecular formula is C14H16O3. The number of fused-ring (bicyclic) bond motifs is 1. The Labute approximate surface area is 101 Å². The van der Waals surface area contributed by atoms with Crippen LogP contribution in [0.3, 0.4) is 0 Å². The van der Waals surface area contributed by atoms with Gasteiger partial charge in [-0.2, -0.15) is 0 Å². The highest BCUT2D eigenvalue weighted by Crippen LogP contribution is 2.39. The lowest BCUT2D eigenvalue weighted by Crippen LogP contribution is -2.04. The summed E-state index contributed by atoms with van der Waals surface area (Å²) in [5.74, 6) is 1.54. The molecule has 0 aliphatic heterocycles. The molecule has 3 heteroatoms. The number of benzene rings is 1. The van der Waals surface area contributed by atoms with Crippen molar-refractivity contribution >= 4 is 11.9 Å². The van der Waals surface area contributed by atoms with Gasteiger partial charge in [-0.25, -0.2) is 0 Å². The molecule has 1 aromatic rings. The van der Waals surface area contributed by atoms with Gasteiger partial charge in [0.25, 0.3) is 0 Å². The van der Waals surface area contributed by atoms with Crippen LogP contribution in [0.25, 0.3) is 5.57 Å². The van der Waals surface area contributed by atoms with Crippen LogP contribution in [-0.2, 0) is 11.2 Å². The zero-order valence-electron chi connectivity index (χ0n) is 10.2. The lowest BCUT2D eigenvalue weighted by molar-refractivity contribution is -0.107. The van der Waals surface area contributed by atoms with Crippen LogP contribution < -0.4 is 9.47 Å². The highest BCUT2D eigenvalue weighted by atomic mass is 16.5. The standard InChI is InChI=1S/C14H16O3/c1-16-13-7-6-11-10(8-9-15)4-3-5-12(11)14(13)17-2/h4,6-7,9H,3,5,8H2,1-2H3. The van der Waals surface area contributed by atoms with Crippen LogP contribution >= 0.6 is 0 Å². The molecule has 0 saturated heterocycles. The SMILES string of the molecule is COc1ccc2c(c1OC)CCC=C2CC=O. The van der Waals surface area contributed by atoms with Crippen LogP contribution in [0.2, 0.25) is 0 Å². The lowest BCUT2D eigenvalue weighted by Gasteiger charge is -2.21. The minimum absolute atomic E-state index is 0.461. The zero-order chi connectivity index (χ0) is 12.3. The van der Waals surface area contributed by atoms with E-state index in [0.717, 1.165) is 47.3 Å². The largest absolute Gasteiger partial charge is 0.493 e. The first-order valence-corrected chi connectivity index (χ1v) is 5.68. The third-order valence-corrected chi connectivity index (χ3v) is 3.08. The summed E-state index contributed by atoms with van der Waals surface area (Å²) in [6.45, 7) is 0. The molecule has 0 radical (unpaired) electrons. The van der Waals surface area contributed by atoms with Crippen molar-refractivity contribution in [1.82, 2.24) is 0 Å². The van der Waals surface area contributed by atoms with Crippen molar-refractivity contribution in [3.8, 4) is 11.5 Å². The summed E-state index contributed by atoms with van der Waals surface area (Å²) >= 11 is 0. The van der Waals surface area contributed by atoms with Crippen molar-refractivity contribution in [2.75, 3.05) is 14.2 Å². The highest BCUT2D eigenvalue weighted by molar-refractivity contribution is 5.81. The van der Waals surface area contributed by atoms with Crippen LogP contribution in [-0.4, -0.2) is 20.5 Å². The predicted octanol–water partition coefficient (Wildman–Crippen LogP) is 2.62. The average molecular weight is 232 g/mol. The minimum atomic E-state index is 0.461. The maximum absolute atomic E-state index is 10.7. The number of carbonyl (C=O) groups excluding carboxylic acids is 1. The van der Waals surface area contributed by atoms with E-state index in [1.165, 1.54) is 0 Å². The highest BCUT2D eigenvalue weighted by Gasteiger charge is 2.19. The van der Waals surface area contributed by atoms with Crippen LogP contribution in [0.4, 0.5) is 0 Å². The normalized spacial score (nSPS) is 13.6. The van der Waals surface area contributed by atoms with Crippen molar-refractivity contribution < 1.29 is 14.3 Å². The minimum Gasteiger partial charge on any atom is -0.493 e. The van der Waals surface area contributed by atoms with E-state index in [-0.39, 0.29) is 0 Å². The smallest absolute Gasteiger partial charge is 0.164 e. The van der Waals surface area contributed by atoms with Gasteiger partial charge in [0, 0.05) is 12.0 Å². The second-order valence-corrected chi connectivity index (χ2v) is 3.97. The third kappa shape index (κ3) is 2.05. The maximum Gasteiger partial charge on any atom is 0.164 e. The number of rotatable bonds is 4. The Bertz CT molecular complexity index is 461. The second kappa shape index (κ2) is 5.04. The summed E-state index contributed by atoms with van der Waals surface area (Å²) in [7, 11) is 3.28. The van der Waals surface area contributed by atoms with E-state index >= 15 is 0 Å². The summed E-state index contributed by atoms with van der Waals surface area (Å²) in [5, 5.41) is 0. The van der Waals surface area contributed by atoms with Crippen molar-refractivity contribution in [1.29, 1.82) is 0 Å². The van der Waals surface area contributed by atoms with Gasteiger partial charge in [-0.1, -0.05) is 12.1 Å². The van der Waals surface area contributed by atoms with Gasteiger partial charge in [0.2, 0.25) is 0 Å². The van der Waals surface area contributed by atoms with E-state index in [9.17, 15) is 4.79 Å². The van der Waals surface area contributed by atoms with E-state index in [1.807, 2.05) is 12.1 Å². The van der Waals surface area contributed by atoms with Gasteiger partial charge < -0.3 is 14.3 Å². The van der Waals surface area contributed by atoms with Crippen molar-refractivity contribution in [3.05, 3.63) is 29.3 Å². The number of methoxy groups -OCH3 is 2. The third-order valence-electron chi connectivity index (χ3n) is 3.08. The number of aldehydes is 1. The van der Waals surface area contributed by atoms with E-state index in [2.05, 4.69) is 6.08 Å². The molecule has 0 heterocycles.